The Balaban J connectivity index is 1.49. The van der Waals surface area contributed by atoms with Gasteiger partial charge in [0, 0.05) is 24.7 Å². The molecule has 3 aliphatic rings. The maximum atomic E-state index is 15.6. The first-order valence-electron chi connectivity index (χ1n) is 12.1. The summed E-state index contributed by atoms with van der Waals surface area (Å²) in [6.45, 7) is 2.13. The molecule has 0 bridgehead atoms. The van der Waals surface area contributed by atoms with Crippen LogP contribution in [0.15, 0.2) is 47.3 Å². The molecule has 178 valence electrons. The smallest absolute Gasteiger partial charge is 0.296 e. The second kappa shape index (κ2) is 8.58. The van der Waals surface area contributed by atoms with E-state index >= 15 is 4.39 Å². The van der Waals surface area contributed by atoms with Gasteiger partial charge in [-0.3, -0.25) is 9.36 Å². The summed E-state index contributed by atoms with van der Waals surface area (Å²) < 4.78 is 31.4. The van der Waals surface area contributed by atoms with E-state index < -0.39 is 17.2 Å². The second-order valence-corrected chi connectivity index (χ2v) is 9.73. The van der Waals surface area contributed by atoms with Gasteiger partial charge in [-0.2, -0.15) is 9.65 Å². The van der Waals surface area contributed by atoms with Crippen LogP contribution in [0.4, 0.5) is 14.6 Å². The van der Waals surface area contributed by atoms with E-state index in [0.29, 0.717) is 42.2 Å². The normalized spacial score (nSPS) is 21.6. The molecule has 35 heavy (non-hydrogen) atoms. The summed E-state index contributed by atoms with van der Waals surface area (Å²) in [5.74, 6) is -0.542. The fourth-order valence-corrected chi connectivity index (χ4v) is 5.43. The topological polar surface area (TPSA) is 74.0 Å². The summed E-state index contributed by atoms with van der Waals surface area (Å²) in [4.78, 5) is 19.9. The minimum absolute atomic E-state index is 0.00553. The van der Waals surface area contributed by atoms with Gasteiger partial charge in [0.1, 0.15) is 17.7 Å². The Labute approximate surface area is 201 Å². The number of rotatable bonds is 4. The van der Waals surface area contributed by atoms with Gasteiger partial charge in [-0.25, -0.2) is 9.37 Å². The van der Waals surface area contributed by atoms with E-state index in [1.807, 2.05) is 23.1 Å². The molecule has 3 aromatic rings. The first-order valence-corrected chi connectivity index (χ1v) is 12.1. The van der Waals surface area contributed by atoms with Crippen molar-refractivity contribution in [2.75, 3.05) is 24.5 Å². The van der Waals surface area contributed by atoms with Crippen LogP contribution in [0.25, 0.3) is 17.1 Å². The molecule has 0 amide bonds. The predicted molar refractivity (Wildman–Crippen MR) is 129 cm³/mol. The SMILES string of the molecule is N#Cc1ccc(-c2nc(N3CCC4NCCC4C3)c(F)c(=O)n2-c2ccc(C3CC3)cc2)cc1F. The number of anilines is 1. The number of aromatic nitrogens is 2. The summed E-state index contributed by atoms with van der Waals surface area (Å²) in [5, 5.41) is 12.6. The minimum Gasteiger partial charge on any atom is -0.354 e. The van der Waals surface area contributed by atoms with Crippen LogP contribution in [0.3, 0.4) is 0 Å². The Morgan fingerprint density at radius 2 is 1.86 bits per heavy atom. The first kappa shape index (κ1) is 21.9. The zero-order valence-electron chi connectivity index (χ0n) is 19.2. The Morgan fingerprint density at radius 1 is 1.06 bits per heavy atom. The molecule has 0 radical (unpaired) electrons. The van der Waals surface area contributed by atoms with E-state index in [1.165, 1.54) is 22.3 Å². The van der Waals surface area contributed by atoms with Gasteiger partial charge in [0.05, 0.1) is 11.3 Å². The standard InChI is InChI=1S/C27H25F2N5O/c28-22-13-18(3-4-19(22)14-30)25-32-26(33-12-10-23-20(15-33)9-11-31-23)24(29)27(35)34(25)21-7-5-17(6-8-21)16-1-2-16/h3-8,13,16,20,23,31H,1-2,9-12,15H2. The van der Waals surface area contributed by atoms with Crippen molar-refractivity contribution < 1.29 is 8.78 Å². The van der Waals surface area contributed by atoms with Gasteiger partial charge in [0.25, 0.3) is 5.56 Å². The van der Waals surface area contributed by atoms with Gasteiger partial charge in [0.2, 0.25) is 5.82 Å². The van der Waals surface area contributed by atoms with E-state index in [2.05, 4.69) is 10.3 Å². The van der Waals surface area contributed by atoms with Crippen LogP contribution in [0.1, 0.15) is 42.7 Å². The van der Waals surface area contributed by atoms with Crippen LogP contribution in [0, 0.1) is 28.9 Å². The third-order valence-corrected chi connectivity index (χ3v) is 7.51. The van der Waals surface area contributed by atoms with Crippen molar-refractivity contribution in [1.82, 2.24) is 14.9 Å². The summed E-state index contributed by atoms with van der Waals surface area (Å²) in [5.41, 5.74) is 1.04. The predicted octanol–water partition coefficient (Wildman–Crippen LogP) is 4.11. The van der Waals surface area contributed by atoms with E-state index in [-0.39, 0.29) is 17.2 Å². The highest BCUT2D eigenvalue weighted by molar-refractivity contribution is 5.63. The highest BCUT2D eigenvalue weighted by Gasteiger charge is 2.35. The minimum atomic E-state index is -0.904. The van der Waals surface area contributed by atoms with Gasteiger partial charge in [-0.1, -0.05) is 12.1 Å². The molecular weight excluding hydrogens is 448 g/mol. The molecule has 1 N–H and O–H groups in total. The van der Waals surface area contributed by atoms with Gasteiger partial charge in [0.15, 0.2) is 5.82 Å². The molecule has 2 unspecified atom stereocenters. The Kier molecular flexibility index (Phi) is 5.37. The van der Waals surface area contributed by atoms with Crippen LogP contribution in [0.2, 0.25) is 0 Å². The zero-order chi connectivity index (χ0) is 24.1. The molecule has 2 aromatic carbocycles. The number of nitriles is 1. The maximum absolute atomic E-state index is 15.6. The average molecular weight is 474 g/mol. The molecule has 8 heteroatoms. The van der Waals surface area contributed by atoms with E-state index in [4.69, 9.17) is 5.26 Å². The summed E-state index contributed by atoms with van der Waals surface area (Å²) in [7, 11) is 0. The molecule has 6 nitrogen and oxygen atoms in total. The second-order valence-electron chi connectivity index (χ2n) is 9.73. The number of hydrogen-bond donors (Lipinski definition) is 1. The molecule has 3 heterocycles. The Bertz CT molecular complexity index is 1390. The lowest BCUT2D eigenvalue weighted by atomic mass is 9.93. The summed E-state index contributed by atoms with van der Waals surface area (Å²) in [6.07, 6.45) is 4.14. The average Bonchev–Trinajstić information content (AvgIpc) is 3.62. The van der Waals surface area contributed by atoms with Crippen molar-refractivity contribution in [2.24, 2.45) is 5.92 Å². The van der Waals surface area contributed by atoms with Crippen LogP contribution in [0.5, 0.6) is 0 Å². The third-order valence-electron chi connectivity index (χ3n) is 7.51. The molecular formula is C27H25F2N5O. The van der Waals surface area contributed by atoms with Crippen LogP contribution in [-0.2, 0) is 0 Å². The molecule has 1 aliphatic carbocycles. The molecule has 2 saturated heterocycles. The zero-order valence-corrected chi connectivity index (χ0v) is 19.2. The van der Waals surface area contributed by atoms with E-state index in [1.54, 1.807) is 18.2 Å². The summed E-state index contributed by atoms with van der Waals surface area (Å²) >= 11 is 0. The third kappa shape index (κ3) is 3.90. The number of benzene rings is 2. The Hall–Kier alpha value is -3.57. The molecule has 2 atom stereocenters. The number of fused-ring (bicyclic) bond motifs is 1. The fourth-order valence-electron chi connectivity index (χ4n) is 5.43. The molecule has 2 aliphatic heterocycles. The van der Waals surface area contributed by atoms with Crippen molar-refractivity contribution in [3.63, 3.8) is 0 Å². The van der Waals surface area contributed by atoms with Crippen LogP contribution in [-0.4, -0.2) is 35.2 Å². The number of nitrogens with one attached hydrogen (secondary N) is 1. The number of hydrogen-bond acceptors (Lipinski definition) is 5. The van der Waals surface area contributed by atoms with Crippen molar-refractivity contribution >= 4 is 5.82 Å². The highest BCUT2D eigenvalue weighted by Crippen LogP contribution is 2.40. The first-order chi connectivity index (χ1) is 17.0. The van der Waals surface area contributed by atoms with E-state index in [0.717, 1.165) is 32.2 Å². The van der Waals surface area contributed by atoms with Gasteiger partial charge in [-0.15, -0.1) is 0 Å². The maximum Gasteiger partial charge on any atom is 0.296 e. The lowest BCUT2D eigenvalue weighted by Crippen LogP contribution is -2.46. The van der Waals surface area contributed by atoms with Gasteiger partial charge < -0.3 is 10.2 Å². The van der Waals surface area contributed by atoms with Crippen LogP contribution < -0.4 is 15.8 Å². The number of piperidine rings is 1. The van der Waals surface area contributed by atoms with Gasteiger partial charge in [-0.05, 0) is 80.0 Å². The largest absolute Gasteiger partial charge is 0.354 e. The molecule has 1 aromatic heterocycles. The van der Waals surface area contributed by atoms with Crippen molar-refractivity contribution in [3.05, 3.63) is 75.6 Å². The number of nitrogens with zero attached hydrogens (tertiary/aromatic N) is 4. The molecule has 6 rings (SSSR count). The van der Waals surface area contributed by atoms with Crippen LogP contribution >= 0.6 is 0 Å². The monoisotopic (exact) mass is 473 g/mol. The fraction of sp³-hybridized carbons (Fsp3) is 0.370. The van der Waals surface area contributed by atoms with Crippen molar-refractivity contribution in [1.29, 1.82) is 5.26 Å². The lowest BCUT2D eigenvalue weighted by Gasteiger charge is -2.36. The van der Waals surface area contributed by atoms with Gasteiger partial charge >= 0.3 is 0 Å². The Morgan fingerprint density at radius 3 is 2.57 bits per heavy atom. The molecule has 1 saturated carbocycles. The van der Waals surface area contributed by atoms with Crippen molar-refractivity contribution in [3.8, 4) is 23.1 Å². The lowest BCUT2D eigenvalue weighted by molar-refractivity contribution is 0.371. The number of halogens is 2. The molecule has 0 spiro atoms. The quantitative estimate of drug-likeness (QED) is 0.617. The molecule has 3 fully saturated rings. The van der Waals surface area contributed by atoms with Crippen molar-refractivity contribution in [2.45, 2.75) is 37.6 Å². The summed E-state index contributed by atoms with van der Waals surface area (Å²) in [6, 6.07) is 13.8. The highest BCUT2D eigenvalue weighted by atomic mass is 19.1. The van der Waals surface area contributed by atoms with E-state index in [9.17, 15) is 9.18 Å².